The summed E-state index contributed by atoms with van der Waals surface area (Å²) in [5, 5.41) is 0. The Morgan fingerprint density at radius 1 is 1.15 bits per heavy atom. The summed E-state index contributed by atoms with van der Waals surface area (Å²) in [4.78, 5) is 24.5. The highest BCUT2D eigenvalue weighted by molar-refractivity contribution is 6.12. The molecule has 108 valence electrons. The summed E-state index contributed by atoms with van der Waals surface area (Å²) in [6, 6.07) is 3.48. The molecule has 0 spiro atoms. The number of hydrogen-bond donors (Lipinski definition) is 0. The number of hydrogen-bond acceptors (Lipinski definition) is 5. The first-order valence-electron chi connectivity index (χ1n) is 6.36. The number of Topliss-reactive ketones (excluding diaryl/α,β-unsaturated/α-hetero) is 2. The van der Waals surface area contributed by atoms with Crippen LogP contribution in [0.5, 0.6) is 11.5 Å². The maximum atomic E-state index is 12.3. The number of carbonyl (C=O) groups is 2. The fourth-order valence-electron chi connectivity index (χ4n) is 2.82. The Balaban J connectivity index is 2.78. The molecule has 1 unspecified atom stereocenters. The molecule has 0 radical (unpaired) electrons. The van der Waals surface area contributed by atoms with Crippen LogP contribution in [0.15, 0.2) is 12.1 Å². The predicted octanol–water partition coefficient (Wildman–Crippen LogP) is 1.65. The van der Waals surface area contributed by atoms with E-state index in [1.807, 2.05) is 6.07 Å². The number of ketones is 2. The summed E-state index contributed by atoms with van der Waals surface area (Å²) in [7, 11) is 4.43. The minimum absolute atomic E-state index is 0.233. The van der Waals surface area contributed by atoms with Crippen molar-refractivity contribution in [3.05, 3.63) is 23.3 Å². The van der Waals surface area contributed by atoms with E-state index in [4.69, 9.17) is 14.2 Å². The lowest BCUT2D eigenvalue weighted by Gasteiger charge is -2.35. The molecule has 0 amide bonds. The van der Waals surface area contributed by atoms with Gasteiger partial charge in [-0.3, -0.25) is 9.59 Å². The monoisotopic (exact) mass is 278 g/mol. The predicted molar refractivity (Wildman–Crippen MR) is 72.2 cm³/mol. The van der Waals surface area contributed by atoms with E-state index < -0.39 is 5.60 Å². The maximum absolute atomic E-state index is 12.3. The van der Waals surface area contributed by atoms with Gasteiger partial charge in [0.25, 0.3) is 0 Å². The van der Waals surface area contributed by atoms with Gasteiger partial charge in [-0.1, -0.05) is 0 Å². The van der Waals surface area contributed by atoms with Crippen LogP contribution >= 0.6 is 0 Å². The second-order valence-corrected chi connectivity index (χ2v) is 4.73. The van der Waals surface area contributed by atoms with Gasteiger partial charge in [0.1, 0.15) is 11.5 Å². The van der Waals surface area contributed by atoms with E-state index in [9.17, 15) is 9.59 Å². The Labute approximate surface area is 117 Å². The van der Waals surface area contributed by atoms with Gasteiger partial charge in [0, 0.05) is 25.2 Å². The Kier molecular flexibility index (Phi) is 3.81. The summed E-state index contributed by atoms with van der Waals surface area (Å²) < 4.78 is 15.9. The summed E-state index contributed by atoms with van der Waals surface area (Å²) in [6.45, 7) is 1.36. The standard InChI is InChI=1S/C15H18O5/c1-9(16)15(20-4)13(17)6-5-10-7-11(18-2)8-12(19-3)14(10)15/h7-8H,5-6H2,1-4H3. The topological polar surface area (TPSA) is 61.8 Å². The molecule has 0 aliphatic heterocycles. The highest BCUT2D eigenvalue weighted by atomic mass is 16.5. The first kappa shape index (κ1) is 14.5. The van der Waals surface area contributed by atoms with Crippen molar-refractivity contribution in [2.24, 2.45) is 0 Å². The van der Waals surface area contributed by atoms with Gasteiger partial charge < -0.3 is 14.2 Å². The number of carbonyl (C=O) groups excluding carboxylic acids is 2. The molecule has 1 aromatic carbocycles. The van der Waals surface area contributed by atoms with Crippen molar-refractivity contribution in [2.75, 3.05) is 21.3 Å². The van der Waals surface area contributed by atoms with Crippen molar-refractivity contribution in [3.63, 3.8) is 0 Å². The van der Waals surface area contributed by atoms with Crippen LogP contribution in [-0.2, 0) is 26.3 Å². The quantitative estimate of drug-likeness (QED) is 0.784. The molecule has 0 fully saturated rings. The minimum atomic E-state index is -1.56. The third-order valence-corrected chi connectivity index (χ3v) is 3.78. The Morgan fingerprint density at radius 2 is 1.85 bits per heavy atom. The zero-order valence-corrected chi connectivity index (χ0v) is 12.1. The second kappa shape index (κ2) is 5.25. The van der Waals surface area contributed by atoms with E-state index in [0.717, 1.165) is 5.56 Å². The van der Waals surface area contributed by atoms with Crippen LogP contribution in [0.4, 0.5) is 0 Å². The van der Waals surface area contributed by atoms with Gasteiger partial charge in [-0.15, -0.1) is 0 Å². The van der Waals surface area contributed by atoms with Crippen LogP contribution in [0.2, 0.25) is 0 Å². The lowest BCUT2D eigenvalue weighted by atomic mass is 9.75. The molecular formula is C15H18O5. The number of fused-ring (bicyclic) bond motifs is 1. The molecule has 0 N–H and O–H groups in total. The van der Waals surface area contributed by atoms with E-state index in [1.54, 1.807) is 13.2 Å². The number of aryl methyl sites for hydroxylation is 1. The smallest absolute Gasteiger partial charge is 0.212 e. The molecule has 1 aliphatic rings. The minimum Gasteiger partial charge on any atom is -0.497 e. The van der Waals surface area contributed by atoms with E-state index in [1.165, 1.54) is 21.1 Å². The van der Waals surface area contributed by atoms with Gasteiger partial charge >= 0.3 is 0 Å². The van der Waals surface area contributed by atoms with E-state index in [0.29, 0.717) is 23.5 Å². The third-order valence-electron chi connectivity index (χ3n) is 3.78. The molecule has 0 aromatic heterocycles. The zero-order valence-electron chi connectivity index (χ0n) is 12.1. The van der Waals surface area contributed by atoms with Gasteiger partial charge in [0.15, 0.2) is 11.6 Å². The largest absolute Gasteiger partial charge is 0.497 e. The van der Waals surface area contributed by atoms with Crippen molar-refractivity contribution in [3.8, 4) is 11.5 Å². The Hall–Kier alpha value is -1.88. The molecule has 0 heterocycles. The summed E-state index contributed by atoms with van der Waals surface area (Å²) >= 11 is 0. The molecule has 1 aromatic rings. The van der Waals surface area contributed by atoms with Gasteiger partial charge in [0.05, 0.1) is 14.2 Å². The van der Waals surface area contributed by atoms with Crippen molar-refractivity contribution in [1.82, 2.24) is 0 Å². The van der Waals surface area contributed by atoms with Crippen LogP contribution < -0.4 is 9.47 Å². The van der Waals surface area contributed by atoms with E-state index in [-0.39, 0.29) is 18.0 Å². The molecule has 0 saturated carbocycles. The van der Waals surface area contributed by atoms with Crippen LogP contribution in [-0.4, -0.2) is 32.9 Å². The van der Waals surface area contributed by atoms with Gasteiger partial charge in [-0.2, -0.15) is 0 Å². The summed E-state index contributed by atoms with van der Waals surface area (Å²) in [6.07, 6.45) is 0.802. The fraction of sp³-hybridized carbons (Fsp3) is 0.467. The number of methoxy groups -OCH3 is 3. The van der Waals surface area contributed by atoms with E-state index in [2.05, 4.69) is 0 Å². The van der Waals surface area contributed by atoms with Crippen LogP contribution in [0, 0.1) is 0 Å². The molecule has 5 nitrogen and oxygen atoms in total. The van der Waals surface area contributed by atoms with Crippen LogP contribution in [0.25, 0.3) is 0 Å². The van der Waals surface area contributed by atoms with Gasteiger partial charge in [-0.05, 0) is 25.0 Å². The number of ether oxygens (including phenoxy) is 3. The second-order valence-electron chi connectivity index (χ2n) is 4.73. The molecule has 5 heteroatoms. The average Bonchev–Trinajstić information content (AvgIpc) is 2.46. The van der Waals surface area contributed by atoms with Crippen molar-refractivity contribution in [1.29, 1.82) is 0 Å². The average molecular weight is 278 g/mol. The molecular weight excluding hydrogens is 260 g/mol. The zero-order chi connectivity index (χ0) is 14.9. The summed E-state index contributed by atoms with van der Waals surface area (Å²) in [5.74, 6) is 0.492. The molecule has 20 heavy (non-hydrogen) atoms. The van der Waals surface area contributed by atoms with Crippen molar-refractivity contribution in [2.45, 2.75) is 25.4 Å². The van der Waals surface area contributed by atoms with Crippen LogP contribution in [0.1, 0.15) is 24.5 Å². The molecule has 0 saturated heterocycles. The molecule has 0 bridgehead atoms. The lowest BCUT2D eigenvalue weighted by molar-refractivity contribution is -0.155. The highest BCUT2D eigenvalue weighted by Gasteiger charge is 2.50. The molecule has 1 aliphatic carbocycles. The molecule has 2 rings (SSSR count). The Bertz CT molecular complexity index is 546. The normalized spacial score (nSPS) is 21.3. The van der Waals surface area contributed by atoms with Crippen molar-refractivity contribution < 1.29 is 23.8 Å². The number of benzene rings is 1. The first-order chi connectivity index (χ1) is 9.51. The third kappa shape index (κ3) is 1.89. The summed E-state index contributed by atoms with van der Waals surface area (Å²) in [5.41, 5.74) is -0.213. The van der Waals surface area contributed by atoms with Gasteiger partial charge in [-0.25, -0.2) is 0 Å². The molecule has 1 atom stereocenters. The van der Waals surface area contributed by atoms with Gasteiger partial charge in [0.2, 0.25) is 5.60 Å². The Morgan fingerprint density at radius 3 is 2.35 bits per heavy atom. The van der Waals surface area contributed by atoms with Crippen LogP contribution in [0.3, 0.4) is 0 Å². The SMILES string of the molecule is COc1cc2c(c(OC)c1)C(OC)(C(C)=O)C(=O)CC2. The lowest BCUT2D eigenvalue weighted by Crippen LogP contribution is -2.47. The maximum Gasteiger partial charge on any atom is 0.212 e. The van der Waals surface area contributed by atoms with Crippen molar-refractivity contribution >= 4 is 11.6 Å². The highest BCUT2D eigenvalue weighted by Crippen LogP contribution is 2.43. The number of rotatable bonds is 4. The first-order valence-corrected chi connectivity index (χ1v) is 6.36. The van der Waals surface area contributed by atoms with E-state index >= 15 is 0 Å². The fourth-order valence-corrected chi connectivity index (χ4v) is 2.82.